The Hall–Kier alpha value is -3.39. The molecular formula is C26H34N4O4. The minimum atomic E-state index is -0.689. The maximum Gasteiger partial charge on any atom is 0.321 e. The van der Waals surface area contributed by atoms with Gasteiger partial charge in [-0.15, -0.1) is 0 Å². The fraction of sp³-hybridized carbons (Fsp3) is 0.423. The Kier molecular flexibility index (Phi) is 9.04. The van der Waals surface area contributed by atoms with Crippen molar-refractivity contribution in [2.75, 3.05) is 38.7 Å². The summed E-state index contributed by atoms with van der Waals surface area (Å²) in [6.45, 7) is 5.63. The Labute approximate surface area is 201 Å². The van der Waals surface area contributed by atoms with Crippen LogP contribution in [-0.2, 0) is 9.53 Å². The number of methoxy groups -OCH3 is 1. The maximum atomic E-state index is 13.0. The van der Waals surface area contributed by atoms with E-state index in [1.807, 2.05) is 50.2 Å². The van der Waals surface area contributed by atoms with Crippen molar-refractivity contribution in [1.29, 1.82) is 0 Å². The van der Waals surface area contributed by atoms with Crippen LogP contribution in [0.5, 0.6) is 0 Å². The average Bonchev–Trinajstić information content (AvgIpc) is 2.84. The van der Waals surface area contributed by atoms with Crippen LogP contribution >= 0.6 is 0 Å². The number of anilines is 1. The average molecular weight is 467 g/mol. The predicted octanol–water partition coefficient (Wildman–Crippen LogP) is 3.11. The van der Waals surface area contributed by atoms with Gasteiger partial charge in [0.25, 0.3) is 5.91 Å². The van der Waals surface area contributed by atoms with Crippen LogP contribution in [0.3, 0.4) is 0 Å². The normalized spacial score (nSPS) is 14.9. The van der Waals surface area contributed by atoms with Crippen molar-refractivity contribution in [2.45, 2.75) is 32.7 Å². The summed E-state index contributed by atoms with van der Waals surface area (Å²) < 4.78 is 5.03. The molecule has 0 unspecified atom stereocenters. The summed E-state index contributed by atoms with van der Waals surface area (Å²) in [6.07, 6.45) is 1.22. The van der Waals surface area contributed by atoms with Gasteiger partial charge < -0.3 is 25.6 Å². The van der Waals surface area contributed by atoms with Crippen LogP contribution in [0, 0.1) is 19.8 Å². The number of carbonyl (C=O) groups is 3. The number of likely N-dealkylation sites (tertiary alicyclic amines) is 1. The standard InChI is InChI=1S/C26H34N4O4/c1-18-8-10-21(11-9-18)28-26(33)30-15-12-20(13-16-30)23(25(32)27-14-17-34-3)29-24(31)22-7-5-4-6-19(22)2/h4-11,20,23H,12-17H2,1-3H3,(H,27,32)(H,28,33)(H,29,31)/t23-/m0/s1. The third-order valence-corrected chi connectivity index (χ3v) is 6.17. The highest BCUT2D eigenvalue weighted by Gasteiger charge is 2.34. The molecular weight excluding hydrogens is 432 g/mol. The number of hydrogen-bond acceptors (Lipinski definition) is 4. The van der Waals surface area contributed by atoms with Crippen molar-refractivity contribution in [3.05, 3.63) is 65.2 Å². The van der Waals surface area contributed by atoms with Crippen molar-refractivity contribution in [3.63, 3.8) is 0 Å². The molecule has 0 bridgehead atoms. The molecule has 0 aliphatic carbocycles. The minimum Gasteiger partial charge on any atom is -0.383 e. The molecule has 2 aromatic rings. The zero-order valence-corrected chi connectivity index (χ0v) is 20.1. The fourth-order valence-corrected chi connectivity index (χ4v) is 4.11. The van der Waals surface area contributed by atoms with E-state index in [4.69, 9.17) is 4.74 Å². The number of aryl methyl sites for hydroxylation is 2. The van der Waals surface area contributed by atoms with Crippen LogP contribution < -0.4 is 16.0 Å². The second-order valence-corrected chi connectivity index (χ2v) is 8.67. The number of hydrogen-bond donors (Lipinski definition) is 3. The van der Waals surface area contributed by atoms with Crippen molar-refractivity contribution >= 4 is 23.5 Å². The zero-order chi connectivity index (χ0) is 24.5. The number of nitrogens with one attached hydrogen (secondary N) is 3. The SMILES string of the molecule is COCCNC(=O)[C@@H](NC(=O)c1ccccc1C)C1CCN(C(=O)Nc2ccc(C)cc2)CC1. The Morgan fingerprint density at radius 2 is 1.71 bits per heavy atom. The van der Waals surface area contributed by atoms with Gasteiger partial charge in [0.2, 0.25) is 5.91 Å². The molecule has 8 heteroatoms. The van der Waals surface area contributed by atoms with Crippen LogP contribution in [0.1, 0.15) is 34.3 Å². The minimum absolute atomic E-state index is 0.0843. The van der Waals surface area contributed by atoms with Crippen LogP contribution in [0.2, 0.25) is 0 Å². The molecule has 2 aromatic carbocycles. The molecule has 182 valence electrons. The summed E-state index contributed by atoms with van der Waals surface area (Å²) in [7, 11) is 1.57. The van der Waals surface area contributed by atoms with Gasteiger partial charge in [0.05, 0.1) is 6.61 Å². The predicted molar refractivity (Wildman–Crippen MR) is 132 cm³/mol. The van der Waals surface area contributed by atoms with E-state index in [1.165, 1.54) is 0 Å². The second kappa shape index (κ2) is 12.2. The molecule has 1 atom stereocenters. The monoisotopic (exact) mass is 466 g/mol. The Balaban J connectivity index is 1.63. The van der Waals surface area contributed by atoms with Crippen molar-refractivity contribution in [2.24, 2.45) is 5.92 Å². The van der Waals surface area contributed by atoms with Crippen LogP contribution in [0.15, 0.2) is 48.5 Å². The third kappa shape index (κ3) is 6.81. The molecule has 4 amide bonds. The molecule has 1 saturated heterocycles. The highest BCUT2D eigenvalue weighted by atomic mass is 16.5. The zero-order valence-electron chi connectivity index (χ0n) is 20.1. The van der Waals surface area contributed by atoms with Crippen LogP contribution in [0.4, 0.5) is 10.5 Å². The Morgan fingerprint density at radius 3 is 2.35 bits per heavy atom. The van der Waals surface area contributed by atoms with E-state index in [-0.39, 0.29) is 23.8 Å². The molecule has 0 spiro atoms. The summed E-state index contributed by atoms with van der Waals surface area (Å²) in [5, 5.41) is 8.72. The molecule has 0 saturated carbocycles. The van der Waals surface area contributed by atoms with E-state index < -0.39 is 6.04 Å². The second-order valence-electron chi connectivity index (χ2n) is 8.67. The topological polar surface area (TPSA) is 99.8 Å². The van der Waals surface area contributed by atoms with E-state index in [0.717, 1.165) is 16.8 Å². The molecule has 0 aromatic heterocycles. The summed E-state index contributed by atoms with van der Waals surface area (Å²) in [6, 6.07) is 14.1. The number of rotatable bonds is 8. The summed E-state index contributed by atoms with van der Waals surface area (Å²) in [4.78, 5) is 40.4. The Bertz CT molecular complexity index is 985. The lowest BCUT2D eigenvalue weighted by Gasteiger charge is -2.35. The van der Waals surface area contributed by atoms with Gasteiger partial charge in [-0.05, 0) is 56.4 Å². The smallest absolute Gasteiger partial charge is 0.321 e. The first-order chi connectivity index (χ1) is 16.4. The van der Waals surface area contributed by atoms with E-state index in [9.17, 15) is 14.4 Å². The van der Waals surface area contributed by atoms with Crippen molar-refractivity contribution in [1.82, 2.24) is 15.5 Å². The summed E-state index contributed by atoms with van der Waals surface area (Å²) >= 11 is 0. The number of amides is 4. The first-order valence-corrected chi connectivity index (χ1v) is 11.6. The van der Waals surface area contributed by atoms with Gasteiger partial charge in [0.15, 0.2) is 0 Å². The molecule has 3 rings (SSSR count). The van der Waals surface area contributed by atoms with E-state index >= 15 is 0 Å². The fourth-order valence-electron chi connectivity index (χ4n) is 4.11. The quantitative estimate of drug-likeness (QED) is 0.521. The summed E-state index contributed by atoms with van der Waals surface area (Å²) in [5.74, 6) is -0.593. The van der Waals surface area contributed by atoms with E-state index in [2.05, 4.69) is 16.0 Å². The number of nitrogens with zero attached hydrogens (tertiary/aromatic N) is 1. The van der Waals surface area contributed by atoms with E-state index in [0.29, 0.717) is 44.6 Å². The first kappa shape index (κ1) is 25.2. The van der Waals surface area contributed by atoms with Gasteiger partial charge in [0, 0.05) is 38.0 Å². The molecule has 1 aliphatic heterocycles. The lowest BCUT2D eigenvalue weighted by atomic mass is 9.88. The molecule has 34 heavy (non-hydrogen) atoms. The number of ether oxygens (including phenoxy) is 1. The lowest BCUT2D eigenvalue weighted by molar-refractivity contribution is -0.124. The highest BCUT2D eigenvalue weighted by molar-refractivity contribution is 5.98. The molecule has 0 radical (unpaired) electrons. The third-order valence-electron chi connectivity index (χ3n) is 6.17. The summed E-state index contributed by atoms with van der Waals surface area (Å²) in [5.41, 5.74) is 3.27. The largest absolute Gasteiger partial charge is 0.383 e. The molecule has 1 heterocycles. The number of carbonyl (C=O) groups excluding carboxylic acids is 3. The van der Waals surface area contributed by atoms with Gasteiger partial charge in [-0.3, -0.25) is 9.59 Å². The van der Waals surface area contributed by atoms with Crippen molar-refractivity contribution in [3.8, 4) is 0 Å². The Morgan fingerprint density at radius 1 is 1.03 bits per heavy atom. The molecule has 1 fully saturated rings. The maximum absolute atomic E-state index is 13.0. The number of benzene rings is 2. The molecule has 1 aliphatic rings. The first-order valence-electron chi connectivity index (χ1n) is 11.6. The number of piperidine rings is 1. The van der Waals surface area contributed by atoms with Gasteiger partial charge in [-0.25, -0.2) is 4.79 Å². The highest BCUT2D eigenvalue weighted by Crippen LogP contribution is 2.23. The van der Waals surface area contributed by atoms with Gasteiger partial charge >= 0.3 is 6.03 Å². The molecule has 8 nitrogen and oxygen atoms in total. The van der Waals surface area contributed by atoms with Gasteiger partial charge in [0.1, 0.15) is 6.04 Å². The lowest BCUT2D eigenvalue weighted by Crippen LogP contribution is -2.54. The van der Waals surface area contributed by atoms with Crippen LogP contribution in [0.25, 0.3) is 0 Å². The molecule has 3 N–H and O–H groups in total. The number of urea groups is 1. The van der Waals surface area contributed by atoms with Crippen molar-refractivity contribution < 1.29 is 19.1 Å². The van der Waals surface area contributed by atoms with Gasteiger partial charge in [-0.1, -0.05) is 35.9 Å². The van der Waals surface area contributed by atoms with Gasteiger partial charge in [-0.2, -0.15) is 0 Å². The van der Waals surface area contributed by atoms with Crippen LogP contribution in [-0.4, -0.2) is 62.1 Å². The van der Waals surface area contributed by atoms with E-state index in [1.54, 1.807) is 24.1 Å².